The maximum absolute atomic E-state index is 9.62. The second-order valence-electron chi connectivity index (χ2n) is 3.47. The molecule has 0 aliphatic rings. The predicted octanol–water partition coefficient (Wildman–Crippen LogP) is 2.55. The summed E-state index contributed by atoms with van der Waals surface area (Å²) in [6.45, 7) is 8.31. The summed E-state index contributed by atoms with van der Waals surface area (Å²) >= 11 is 0. The van der Waals surface area contributed by atoms with Crippen LogP contribution in [-0.4, -0.2) is 30.3 Å². The standard InChI is InChI=1S/C12H23NO2/c1-5-11(12(14)15-7-3)9-8-10(4)13-6-2/h5-6,10,12,14H,7-9H2,1-4H3/b11-5+,13-6?. The highest BCUT2D eigenvalue weighted by molar-refractivity contribution is 5.53. The Hall–Kier alpha value is -0.670. The Balaban J connectivity index is 4.01. The topological polar surface area (TPSA) is 41.8 Å². The van der Waals surface area contributed by atoms with E-state index in [2.05, 4.69) is 11.9 Å². The molecule has 0 amide bonds. The van der Waals surface area contributed by atoms with Crippen molar-refractivity contribution in [2.75, 3.05) is 6.61 Å². The van der Waals surface area contributed by atoms with E-state index in [9.17, 15) is 5.11 Å². The molecule has 2 unspecified atom stereocenters. The van der Waals surface area contributed by atoms with E-state index in [-0.39, 0.29) is 0 Å². The minimum atomic E-state index is -0.752. The van der Waals surface area contributed by atoms with Gasteiger partial charge in [0.05, 0.1) is 0 Å². The van der Waals surface area contributed by atoms with Crippen LogP contribution in [0.3, 0.4) is 0 Å². The zero-order valence-corrected chi connectivity index (χ0v) is 10.2. The molecule has 0 bridgehead atoms. The van der Waals surface area contributed by atoms with E-state index in [0.29, 0.717) is 12.6 Å². The molecule has 88 valence electrons. The minimum absolute atomic E-state index is 0.304. The second-order valence-corrected chi connectivity index (χ2v) is 3.47. The molecule has 0 aliphatic carbocycles. The average molecular weight is 213 g/mol. The fraction of sp³-hybridized carbons (Fsp3) is 0.750. The normalized spacial score (nSPS) is 17.0. The first-order valence-corrected chi connectivity index (χ1v) is 5.58. The molecule has 0 aromatic carbocycles. The lowest BCUT2D eigenvalue weighted by atomic mass is 10.1. The van der Waals surface area contributed by atoms with Crippen molar-refractivity contribution >= 4 is 6.21 Å². The van der Waals surface area contributed by atoms with Crippen molar-refractivity contribution in [1.29, 1.82) is 0 Å². The Morgan fingerprint density at radius 2 is 2.13 bits per heavy atom. The highest BCUT2D eigenvalue weighted by Crippen LogP contribution is 2.14. The molecule has 2 atom stereocenters. The molecule has 0 heterocycles. The van der Waals surface area contributed by atoms with Crippen LogP contribution in [0, 0.1) is 0 Å². The van der Waals surface area contributed by atoms with Crippen molar-refractivity contribution in [3.63, 3.8) is 0 Å². The quantitative estimate of drug-likeness (QED) is 0.401. The molecule has 0 aliphatic heterocycles. The first-order valence-electron chi connectivity index (χ1n) is 5.58. The molecule has 0 fully saturated rings. The number of hydrogen-bond acceptors (Lipinski definition) is 3. The third-order valence-electron chi connectivity index (χ3n) is 2.27. The van der Waals surface area contributed by atoms with E-state index >= 15 is 0 Å². The number of aliphatic hydroxyl groups is 1. The SMILES string of the molecule is CC=NC(C)CC/C(=C\C)C(O)OCC. The Morgan fingerprint density at radius 1 is 1.47 bits per heavy atom. The largest absolute Gasteiger partial charge is 0.364 e. The van der Waals surface area contributed by atoms with Gasteiger partial charge in [-0.25, -0.2) is 0 Å². The third kappa shape index (κ3) is 6.42. The molecule has 0 saturated carbocycles. The van der Waals surface area contributed by atoms with E-state index in [1.54, 1.807) is 0 Å². The molecule has 3 nitrogen and oxygen atoms in total. The fourth-order valence-electron chi connectivity index (χ4n) is 1.38. The van der Waals surface area contributed by atoms with Crippen LogP contribution in [0.4, 0.5) is 0 Å². The van der Waals surface area contributed by atoms with Gasteiger partial charge in [-0.2, -0.15) is 0 Å². The fourth-order valence-corrected chi connectivity index (χ4v) is 1.38. The van der Waals surface area contributed by atoms with Crippen molar-refractivity contribution in [3.8, 4) is 0 Å². The number of aliphatic hydroxyl groups excluding tert-OH is 1. The van der Waals surface area contributed by atoms with Crippen molar-refractivity contribution in [3.05, 3.63) is 11.6 Å². The Kier molecular flexibility index (Phi) is 8.24. The molecule has 0 radical (unpaired) electrons. The highest BCUT2D eigenvalue weighted by Gasteiger charge is 2.10. The maximum Gasteiger partial charge on any atom is 0.177 e. The number of rotatable bonds is 7. The van der Waals surface area contributed by atoms with E-state index in [4.69, 9.17) is 4.74 Å². The Labute approximate surface area is 92.9 Å². The van der Waals surface area contributed by atoms with Crippen molar-refractivity contribution in [1.82, 2.24) is 0 Å². The average Bonchev–Trinajstić information content (AvgIpc) is 2.19. The zero-order valence-electron chi connectivity index (χ0n) is 10.2. The summed E-state index contributed by atoms with van der Waals surface area (Å²) in [6, 6.07) is 0.304. The summed E-state index contributed by atoms with van der Waals surface area (Å²) < 4.78 is 5.14. The van der Waals surface area contributed by atoms with E-state index in [1.165, 1.54) is 0 Å². The number of allylic oxidation sites excluding steroid dienone is 1. The molecule has 0 aromatic rings. The lowest BCUT2D eigenvalue weighted by molar-refractivity contribution is -0.0691. The number of aliphatic imine (C=N–C) groups is 1. The number of nitrogens with zero attached hydrogens (tertiary/aromatic N) is 1. The van der Waals surface area contributed by atoms with Gasteiger partial charge >= 0.3 is 0 Å². The van der Waals surface area contributed by atoms with Crippen LogP contribution >= 0.6 is 0 Å². The second kappa shape index (κ2) is 8.62. The van der Waals surface area contributed by atoms with Crippen LogP contribution in [0.2, 0.25) is 0 Å². The molecular weight excluding hydrogens is 190 g/mol. The van der Waals surface area contributed by atoms with Crippen molar-refractivity contribution in [2.45, 2.75) is 52.9 Å². The van der Waals surface area contributed by atoms with Crippen molar-refractivity contribution < 1.29 is 9.84 Å². The lowest BCUT2D eigenvalue weighted by Gasteiger charge is -2.15. The summed E-state index contributed by atoms with van der Waals surface area (Å²) in [6.07, 6.45) is 4.75. The van der Waals surface area contributed by atoms with Gasteiger partial charge in [0.2, 0.25) is 0 Å². The van der Waals surface area contributed by atoms with E-state index in [1.807, 2.05) is 33.1 Å². The maximum atomic E-state index is 9.62. The van der Waals surface area contributed by atoms with Gasteiger partial charge in [0.25, 0.3) is 0 Å². The summed E-state index contributed by atoms with van der Waals surface area (Å²) in [5.74, 6) is 0. The molecule has 0 spiro atoms. The Morgan fingerprint density at radius 3 is 2.60 bits per heavy atom. The van der Waals surface area contributed by atoms with Gasteiger partial charge in [0.1, 0.15) is 0 Å². The number of ether oxygens (including phenoxy) is 1. The van der Waals surface area contributed by atoms with Gasteiger partial charge in [-0.05, 0) is 52.3 Å². The van der Waals surface area contributed by atoms with Gasteiger partial charge in [0, 0.05) is 12.6 Å². The zero-order chi connectivity index (χ0) is 11.7. The molecule has 1 N–H and O–H groups in total. The van der Waals surface area contributed by atoms with Crippen LogP contribution in [-0.2, 0) is 4.74 Å². The van der Waals surface area contributed by atoms with Crippen LogP contribution in [0.15, 0.2) is 16.6 Å². The third-order valence-corrected chi connectivity index (χ3v) is 2.27. The van der Waals surface area contributed by atoms with Gasteiger partial charge < -0.3 is 9.84 Å². The predicted molar refractivity (Wildman–Crippen MR) is 64.3 cm³/mol. The first-order chi connectivity index (χ1) is 7.15. The highest BCUT2D eigenvalue weighted by atomic mass is 16.6. The van der Waals surface area contributed by atoms with Gasteiger partial charge in [0.15, 0.2) is 6.29 Å². The summed E-state index contributed by atoms with van der Waals surface area (Å²) in [7, 11) is 0. The van der Waals surface area contributed by atoms with Crippen LogP contribution in [0.25, 0.3) is 0 Å². The minimum Gasteiger partial charge on any atom is -0.364 e. The van der Waals surface area contributed by atoms with Crippen LogP contribution in [0.5, 0.6) is 0 Å². The molecule has 0 rings (SSSR count). The summed E-state index contributed by atoms with van der Waals surface area (Å²) in [5.41, 5.74) is 0.940. The molecular formula is C12H23NO2. The van der Waals surface area contributed by atoms with Crippen molar-refractivity contribution in [2.24, 2.45) is 4.99 Å². The molecule has 3 heteroatoms. The molecule has 0 aromatic heterocycles. The first kappa shape index (κ1) is 14.3. The van der Waals surface area contributed by atoms with Gasteiger partial charge in [-0.15, -0.1) is 0 Å². The van der Waals surface area contributed by atoms with Crippen LogP contribution < -0.4 is 0 Å². The molecule has 0 saturated heterocycles. The monoisotopic (exact) mass is 213 g/mol. The van der Waals surface area contributed by atoms with E-state index < -0.39 is 6.29 Å². The summed E-state index contributed by atoms with van der Waals surface area (Å²) in [5, 5.41) is 9.62. The molecule has 15 heavy (non-hydrogen) atoms. The van der Waals surface area contributed by atoms with Gasteiger partial charge in [-0.3, -0.25) is 4.99 Å². The van der Waals surface area contributed by atoms with E-state index in [0.717, 1.165) is 18.4 Å². The Bertz CT molecular complexity index is 212. The summed E-state index contributed by atoms with van der Waals surface area (Å²) in [4.78, 5) is 4.26. The lowest BCUT2D eigenvalue weighted by Crippen LogP contribution is -2.16. The number of hydrogen-bond donors (Lipinski definition) is 1. The smallest absolute Gasteiger partial charge is 0.177 e. The van der Waals surface area contributed by atoms with Crippen LogP contribution in [0.1, 0.15) is 40.5 Å². The van der Waals surface area contributed by atoms with Gasteiger partial charge in [-0.1, -0.05) is 6.08 Å².